The summed E-state index contributed by atoms with van der Waals surface area (Å²) in [5.74, 6) is 1.66. The molecule has 3 rings (SSSR count). The van der Waals surface area contributed by atoms with Gasteiger partial charge in [0.05, 0.1) is 6.33 Å². The highest BCUT2D eigenvalue weighted by Gasteiger charge is 2.19. The number of imidazole rings is 1. The molecule has 84 valence electrons. The summed E-state index contributed by atoms with van der Waals surface area (Å²) < 4.78 is 0. The number of nitrogens with one attached hydrogen (secondary N) is 2. The lowest BCUT2D eigenvalue weighted by molar-refractivity contribution is 0.447. The molecule has 1 atom stereocenters. The third-order valence-corrected chi connectivity index (χ3v) is 2.99. The van der Waals surface area contributed by atoms with Crippen LogP contribution in [0.2, 0.25) is 0 Å². The first kappa shape index (κ1) is 9.53. The van der Waals surface area contributed by atoms with Gasteiger partial charge in [-0.1, -0.05) is 0 Å². The Morgan fingerprint density at radius 2 is 2.31 bits per heavy atom. The number of nitrogens with two attached hydrogens (primary N) is 1. The van der Waals surface area contributed by atoms with Crippen LogP contribution in [0, 0.1) is 0 Å². The van der Waals surface area contributed by atoms with Crippen LogP contribution in [0.4, 0.5) is 5.82 Å². The maximum atomic E-state index is 5.87. The number of nitrogens with zero attached hydrogens (tertiary/aromatic N) is 3. The molecule has 0 amide bonds. The van der Waals surface area contributed by atoms with Gasteiger partial charge in [-0.3, -0.25) is 0 Å². The Morgan fingerprint density at radius 1 is 1.38 bits per heavy atom. The van der Waals surface area contributed by atoms with Crippen molar-refractivity contribution in [3.63, 3.8) is 0 Å². The zero-order chi connectivity index (χ0) is 11.0. The molecule has 1 saturated heterocycles. The van der Waals surface area contributed by atoms with Crippen molar-refractivity contribution in [2.75, 3.05) is 18.8 Å². The molecule has 0 saturated carbocycles. The molecule has 6 nitrogen and oxygen atoms in total. The molecule has 4 N–H and O–H groups in total. The van der Waals surface area contributed by atoms with E-state index in [0.717, 1.165) is 37.3 Å². The second kappa shape index (κ2) is 3.71. The summed E-state index contributed by atoms with van der Waals surface area (Å²) in [5, 5.41) is 3.35. The van der Waals surface area contributed by atoms with Gasteiger partial charge in [-0.05, 0) is 19.4 Å². The molecule has 16 heavy (non-hydrogen) atoms. The number of fused-ring (bicyclic) bond motifs is 1. The molecule has 3 heterocycles. The maximum absolute atomic E-state index is 5.87. The van der Waals surface area contributed by atoms with E-state index < -0.39 is 0 Å². The van der Waals surface area contributed by atoms with E-state index >= 15 is 0 Å². The molecule has 0 radical (unpaired) electrons. The van der Waals surface area contributed by atoms with Gasteiger partial charge < -0.3 is 16.0 Å². The maximum Gasteiger partial charge on any atom is 0.183 e. The average molecular weight is 218 g/mol. The standard InChI is InChI=1S/C10H14N6/c11-8-7-10(14-5-13-7)16-9(15-8)6-2-1-3-12-4-6/h5-6,12H,1-4H2,(H3,11,13,14,15,16)/t6-/m0/s1. The van der Waals surface area contributed by atoms with Gasteiger partial charge in [0.2, 0.25) is 0 Å². The van der Waals surface area contributed by atoms with Gasteiger partial charge in [0.1, 0.15) is 11.3 Å². The van der Waals surface area contributed by atoms with Crippen molar-refractivity contribution in [3.8, 4) is 0 Å². The van der Waals surface area contributed by atoms with Crippen molar-refractivity contribution < 1.29 is 0 Å². The number of H-pyrrole nitrogens is 1. The van der Waals surface area contributed by atoms with Crippen LogP contribution in [-0.4, -0.2) is 33.0 Å². The minimum absolute atomic E-state index is 0.358. The largest absolute Gasteiger partial charge is 0.382 e. The van der Waals surface area contributed by atoms with E-state index in [2.05, 4.69) is 25.3 Å². The molecule has 0 aliphatic carbocycles. The van der Waals surface area contributed by atoms with Gasteiger partial charge in [-0.25, -0.2) is 15.0 Å². The van der Waals surface area contributed by atoms with Crippen LogP contribution in [0.15, 0.2) is 6.33 Å². The minimum atomic E-state index is 0.358. The van der Waals surface area contributed by atoms with Gasteiger partial charge in [0, 0.05) is 12.5 Å². The third-order valence-electron chi connectivity index (χ3n) is 2.99. The molecule has 0 unspecified atom stereocenters. The fourth-order valence-corrected chi connectivity index (χ4v) is 2.13. The molecule has 0 aromatic carbocycles. The Balaban J connectivity index is 2.02. The van der Waals surface area contributed by atoms with Crippen LogP contribution in [0.1, 0.15) is 24.6 Å². The van der Waals surface area contributed by atoms with Gasteiger partial charge >= 0.3 is 0 Å². The first-order valence-electron chi connectivity index (χ1n) is 5.52. The highest BCUT2D eigenvalue weighted by Crippen LogP contribution is 2.23. The van der Waals surface area contributed by atoms with Crippen molar-refractivity contribution >= 4 is 17.0 Å². The summed E-state index contributed by atoms with van der Waals surface area (Å²) in [6, 6.07) is 0. The molecule has 2 aromatic rings. The number of hydrogen-bond donors (Lipinski definition) is 3. The van der Waals surface area contributed by atoms with Crippen molar-refractivity contribution in [1.82, 2.24) is 25.3 Å². The topological polar surface area (TPSA) is 92.5 Å². The summed E-state index contributed by atoms with van der Waals surface area (Å²) in [4.78, 5) is 15.9. The molecule has 1 fully saturated rings. The van der Waals surface area contributed by atoms with E-state index in [1.54, 1.807) is 6.33 Å². The van der Waals surface area contributed by atoms with Crippen molar-refractivity contribution in [2.45, 2.75) is 18.8 Å². The third kappa shape index (κ3) is 1.51. The predicted octanol–water partition coefficient (Wildman–Crippen LogP) is 0.402. The molecule has 1 aliphatic rings. The SMILES string of the molecule is Nc1nc([C@H]2CCCNC2)nc2nc[nH]c12. The molecular weight excluding hydrogens is 204 g/mol. The van der Waals surface area contributed by atoms with E-state index in [4.69, 9.17) is 5.73 Å². The number of rotatable bonds is 1. The zero-order valence-electron chi connectivity index (χ0n) is 8.90. The number of aromatic nitrogens is 4. The van der Waals surface area contributed by atoms with Crippen LogP contribution in [0.5, 0.6) is 0 Å². The van der Waals surface area contributed by atoms with E-state index in [9.17, 15) is 0 Å². The van der Waals surface area contributed by atoms with Crippen LogP contribution in [-0.2, 0) is 0 Å². The second-order valence-corrected chi connectivity index (χ2v) is 4.11. The fraction of sp³-hybridized carbons (Fsp3) is 0.500. The van der Waals surface area contributed by atoms with Crippen LogP contribution in [0.25, 0.3) is 11.2 Å². The number of nitrogen functional groups attached to an aromatic ring is 1. The Bertz CT molecular complexity index is 499. The first-order chi connectivity index (χ1) is 7.84. The normalized spacial score (nSPS) is 21.4. The van der Waals surface area contributed by atoms with Gasteiger partial charge in [0.15, 0.2) is 11.5 Å². The second-order valence-electron chi connectivity index (χ2n) is 4.11. The Labute approximate surface area is 92.7 Å². The molecule has 0 bridgehead atoms. The van der Waals surface area contributed by atoms with Crippen molar-refractivity contribution in [1.29, 1.82) is 0 Å². The van der Waals surface area contributed by atoms with Crippen LogP contribution < -0.4 is 11.1 Å². The van der Waals surface area contributed by atoms with Crippen molar-refractivity contribution in [3.05, 3.63) is 12.2 Å². The Hall–Kier alpha value is -1.69. The fourth-order valence-electron chi connectivity index (χ4n) is 2.13. The van der Waals surface area contributed by atoms with E-state index in [1.807, 2.05) is 0 Å². The quantitative estimate of drug-likeness (QED) is 0.644. The molecular formula is C10H14N6. The first-order valence-corrected chi connectivity index (χ1v) is 5.52. The highest BCUT2D eigenvalue weighted by molar-refractivity contribution is 5.80. The molecule has 2 aromatic heterocycles. The number of aromatic amines is 1. The van der Waals surface area contributed by atoms with Crippen LogP contribution >= 0.6 is 0 Å². The Kier molecular flexibility index (Phi) is 2.21. The summed E-state index contributed by atoms with van der Waals surface area (Å²) >= 11 is 0. The lowest BCUT2D eigenvalue weighted by Crippen LogP contribution is -2.29. The molecule has 6 heteroatoms. The van der Waals surface area contributed by atoms with E-state index in [1.165, 1.54) is 0 Å². The zero-order valence-corrected chi connectivity index (χ0v) is 8.90. The summed E-state index contributed by atoms with van der Waals surface area (Å²) in [5.41, 5.74) is 7.25. The number of anilines is 1. The smallest absolute Gasteiger partial charge is 0.183 e. The summed E-state index contributed by atoms with van der Waals surface area (Å²) in [7, 11) is 0. The summed E-state index contributed by atoms with van der Waals surface area (Å²) in [6.07, 6.45) is 3.87. The number of piperidine rings is 1. The molecule has 1 aliphatic heterocycles. The predicted molar refractivity (Wildman–Crippen MR) is 60.9 cm³/mol. The Morgan fingerprint density at radius 3 is 3.12 bits per heavy atom. The van der Waals surface area contributed by atoms with E-state index in [0.29, 0.717) is 17.4 Å². The summed E-state index contributed by atoms with van der Waals surface area (Å²) in [6.45, 7) is 2.01. The van der Waals surface area contributed by atoms with Crippen LogP contribution in [0.3, 0.4) is 0 Å². The molecule has 0 spiro atoms. The lowest BCUT2D eigenvalue weighted by atomic mass is 9.99. The average Bonchev–Trinajstić information content (AvgIpc) is 2.79. The number of hydrogen-bond acceptors (Lipinski definition) is 5. The monoisotopic (exact) mass is 218 g/mol. The minimum Gasteiger partial charge on any atom is -0.382 e. The van der Waals surface area contributed by atoms with Gasteiger partial charge in [-0.2, -0.15) is 0 Å². The lowest BCUT2D eigenvalue weighted by Gasteiger charge is -2.21. The van der Waals surface area contributed by atoms with Gasteiger partial charge in [-0.15, -0.1) is 0 Å². The highest BCUT2D eigenvalue weighted by atomic mass is 15.1. The van der Waals surface area contributed by atoms with Crippen molar-refractivity contribution in [2.24, 2.45) is 0 Å². The van der Waals surface area contributed by atoms with Gasteiger partial charge in [0.25, 0.3) is 0 Å². The van der Waals surface area contributed by atoms with E-state index in [-0.39, 0.29) is 0 Å².